The Labute approximate surface area is 126 Å². The van der Waals surface area contributed by atoms with Crippen LogP contribution in [0.5, 0.6) is 0 Å². The van der Waals surface area contributed by atoms with Gasteiger partial charge in [0.25, 0.3) is 0 Å². The number of nitriles is 1. The SMILES string of the molecule is Cc1ccc(N2c3c(C#N)cccc3N(C)[C@@H]2C)c(C)c1. The van der Waals surface area contributed by atoms with Crippen LogP contribution < -0.4 is 9.80 Å². The summed E-state index contributed by atoms with van der Waals surface area (Å²) in [5, 5.41) is 9.46. The van der Waals surface area contributed by atoms with Crippen LogP contribution in [-0.2, 0) is 0 Å². The molecule has 0 radical (unpaired) electrons. The Balaban J connectivity index is 2.24. The predicted molar refractivity (Wildman–Crippen MR) is 87.1 cm³/mol. The van der Waals surface area contributed by atoms with Gasteiger partial charge in [-0.1, -0.05) is 23.8 Å². The summed E-state index contributed by atoms with van der Waals surface area (Å²) in [5.41, 5.74) is 6.51. The number of hydrogen-bond donors (Lipinski definition) is 0. The van der Waals surface area contributed by atoms with Gasteiger partial charge < -0.3 is 9.80 Å². The third-order valence-corrected chi connectivity index (χ3v) is 4.30. The number of aryl methyl sites for hydroxylation is 2. The summed E-state index contributed by atoms with van der Waals surface area (Å²) in [6, 6.07) is 14.7. The number of anilines is 3. The topological polar surface area (TPSA) is 30.3 Å². The summed E-state index contributed by atoms with van der Waals surface area (Å²) >= 11 is 0. The molecule has 0 spiro atoms. The van der Waals surface area contributed by atoms with Crippen molar-refractivity contribution in [2.24, 2.45) is 0 Å². The zero-order chi connectivity index (χ0) is 15.1. The summed E-state index contributed by atoms with van der Waals surface area (Å²) in [4.78, 5) is 4.48. The van der Waals surface area contributed by atoms with E-state index < -0.39 is 0 Å². The average molecular weight is 277 g/mol. The van der Waals surface area contributed by atoms with Crippen LogP contribution in [0.25, 0.3) is 0 Å². The van der Waals surface area contributed by atoms with E-state index in [-0.39, 0.29) is 6.17 Å². The summed E-state index contributed by atoms with van der Waals surface area (Å²) in [6.45, 7) is 6.40. The second-order valence-corrected chi connectivity index (χ2v) is 5.69. The molecule has 1 aliphatic heterocycles. The Kier molecular flexibility index (Phi) is 3.10. The van der Waals surface area contributed by atoms with Gasteiger partial charge >= 0.3 is 0 Å². The molecule has 0 saturated carbocycles. The van der Waals surface area contributed by atoms with Gasteiger partial charge in [-0.05, 0) is 44.5 Å². The molecule has 0 saturated heterocycles. The maximum Gasteiger partial charge on any atom is 0.103 e. The zero-order valence-corrected chi connectivity index (χ0v) is 12.9. The molecule has 0 aromatic heterocycles. The monoisotopic (exact) mass is 277 g/mol. The predicted octanol–water partition coefficient (Wildman–Crippen LogP) is 4.11. The lowest BCUT2D eigenvalue weighted by Gasteiger charge is -2.29. The third-order valence-electron chi connectivity index (χ3n) is 4.30. The molecular weight excluding hydrogens is 258 g/mol. The average Bonchev–Trinajstić information content (AvgIpc) is 2.72. The molecule has 21 heavy (non-hydrogen) atoms. The van der Waals surface area contributed by atoms with Gasteiger partial charge in [0.2, 0.25) is 0 Å². The quantitative estimate of drug-likeness (QED) is 0.786. The van der Waals surface area contributed by atoms with E-state index in [0.717, 1.165) is 16.9 Å². The summed E-state index contributed by atoms with van der Waals surface area (Å²) in [5.74, 6) is 0. The number of hydrogen-bond acceptors (Lipinski definition) is 3. The van der Waals surface area contributed by atoms with E-state index in [0.29, 0.717) is 0 Å². The van der Waals surface area contributed by atoms with Crippen LogP contribution in [0.15, 0.2) is 36.4 Å². The van der Waals surface area contributed by atoms with Crippen LogP contribution >= 0.6 is 0 Å². The molecule has 3 heteroatoms. The number of rotatable bonds is 1. The molecule has 0 amide bonds. The van der Waals surface area contributed by atoms with Crippen molar-refractivity contribution in [3.05, 3.63) is 53.1 Å². The van der Waals surface area contributed by atoms with Gasteiger partial charge in [0.05, 0.1) is 16.9 Å². The van der Waals surface area contributed by atoms with Gasteiger partial charge in [0, 0.05) is 12.7 Å². The lowest BCUT2D eigenvalue weighted by atomic mass is 10.1. The van der Waals surface area contributed by atoms with E-state index in [1.54, 1.807) is 0 Å². The van der Waals surface area contributed by atoms with Crippen molar-refractivity contribution in [2.75, 3.05) is 16.8 Å². The Morgan fingerprint density at radius 3 is 2.52 bits per heavy atom. The van der Waals surface area contributed by atoms with Gasteiger partial charge in [0.15, 0.2) is 0 Å². The first-order chi connectivity index (χ1) is 10.0. The van der Waals surface area contributed by atoms with Crippen molar-refractivity contribution >= 4 is 17.1 Å². The van der Waals surface area contributed by atoms with Crippen molar-refractivity contribution in [3.63, 3.8) is 0 Å². The Bertz CT molecular complexity index is 743. The van der Waals surface area contributed by atoms with E-state index in [4.69, 9.17) is 0 Å². The van der Waals surface area contributed by atoms with Crippen molar-refractivity contribution in [2.45, 2.75) is 26.9 Å². The molecule has 0 bridgehead atoms. The maximum atomic E-state index is 9.46. The minimum Gasteiger partial charge on any atom is -0.352 e. The van der Waals surface area contributed by atoms with E-state index in [1.165, 1.54) is 16.8 Å². The minimum absolute atomic E-state index is 0.191. The fourth-order valence-corrected chi connectivity index (χ4v) is 3.12. The number of benzene rings is 2. The molecule has 0 N–H and O–H groups in total. The molecule has 0 fully saturated rings. The van der Waals surface area contributed by atoms with E-state index in [9.17, 15) is 5.26 Å². The number of para-hydroxylation sites is 1. The highest BCUT2D eigenvalue weighted by atomic mass is 15.4. The molecule has 3 nitrogen and oxygen atoms in total. The second-order valence-electron chi connectivity index (χ2n) is 5.69. The van der Waals surface area contributed by atoms with Crippen LogP contribution in [0.1, 0.15) is 23.6 Å². The van der Waals surface area contributed by atoms with Crippen LogP contribution in [0.3, 0.4) is 0 Å². The molecule has 106 valence electrons. The molecule has 2 aromatic carbocycles. The van der Waals surface area contributed by atoms with E-state index in [2.05, 4.69) is 68.0 Å². The fourth-order valence-electron chi connectivity index (χ4n) is 3.12. The molecule has 0 aliphatic carbocycles. The molecule has 1 heterocycles. The maximum absolute atomic E-state index is 9.46. The van der Waals surface area contributed by atoms with Gasteiger partial charge in [-0.15, -0.1) is 0 Å². The molecule has 0 unspecified atom stereocenters. The Hall–Kier alpha value is -2.47. The largest absolute Gasteiger partial charge is 0.352 e. The summed E-state index contributed by atoms with van der Waals surface area (Å²) in [7, 11) is 2.08. The Morgan fingerprint density at radius 1 is 1.10 bits per heavy atom. The van der Waals surface area contributed by atoms with Crippen LogP contribution in [0.2, 0.25) is 0 Å². The van der Waals surface area contributed by atoms with Crippen molar-refractivity contribution in [1.29, 1.82) is 5.26 Å². The Morgan fingerprint density at radius 2 is 1.86 bits per heavy atom. The molecule has 1 aliphatic rings. The standard InChI is InChI=1S/C18H19N3/c1-12-8-9-16(13(2)10-12)21-14(3)20(4)17-7-5-6-15(11-19)18(17)21/h5-10,14H,1-4H3/t14-/m0/s1. The highest BCUT2D eigenvalue weighted by Crippen LogP contribution is 2.46. The van der Waals surface area contributed by atoms with Crippen molar-refractivity contribution in [1.82, 2.24) is 0 Å². The lowest BCUT2D eigenvalue weighted by molar-refractivity contribution is 0.732. The lowest BCUT2D eigenvalue weighted by Crippen LogP contribution is -2.36. The number of nitrogens with zero attached hydrogens (tertiary/aromatic N) is 3. The summed E-state index contributed by atoms with van der Waals surface area (Å²) in [6.07, 6.45) is 0.191. The van der Waals surface area contributed by atoms with Gasteiger partial charge in [-0.3, -0.25) is 0 Å². The van der Waals surface area contributed by atoms with Crippen molar-refractivity contribution < 1.29 is 0 Å². The highest BCUT2D eigenvalue weighted by molar-refractivity contribution is 5.88. The van der Waals surface area contributed by atoms with Crippen LogP contribution in [-0.4, -0.2) is 13.2 Å². The third kappa shape index (κ3) is 1.95. The second kappa shape index (κ2) is 4.82. The molecule has 1 atom stereocenters. The normalized spacial score (nSPS) is 16.8. The minimum atomic E-state index is 0.191. The zero-order valence-electron chi connectivity index (χ0n) is 12.9. The van der Waals surface area contributed by atoms with Gasteiger partial charge in [-0.2, -0.15) is 5.26 Å². The van der Waals surface area contributed by atoms with Gasteiger partial charge in [0.1, 0.15) is 12.2 Å². The highest BCUT2D eigenvalue weighted by Gasteiger charge is 2.34. The molecular formula is C18H19N3. The van der Waals surface area contributed by atoms with Crippen LogP contribution in [0.4, 0.5) is 17.1 Å². The number of fused-ring (bicyclic) bond motifs is 1. The first-order valence-electron chi connectivity index (χ1n) is 7.17. The van der Waals surface area contributed by atoms with E-state index in [1.807, 2.05) is 12.1 Å². The summed E-state index contributed by atoms with van der Waals surface area (Å²) < 4.78 is 0. The molecule has 3 rings (SSSR count). The van der Waals surface area contributed by atoms with Crippen LogP contribution in [0, 0.1) is 25.2 Å². The van der Waals surface area contributed by atoms with Crippen molar-refractivity contribution in [3.8, 4) is 6.07 Å². The van der Waals surface area contributed by atoms with E-state index >= 15 is 0 Å². The first-order valence-corrected chi connectivity index (χ1v) is 7.17. The van der Waals surface area contributed by atoms with Gasteiger partial charge in [-0.25, -0.2) is 0 Å². The smallest absolute Gasteiger partial charge is 0.103 e. The fraction of sp³-hybridized carbons (Fsp3) is 0.278. The molecule has 2 aromatic rings. The first kappa shape index (κ1) is 13.5.